The summed E-state index contributed by atoms with van der Waals surface area (Å²) in [5, 5.41) is 2.25. The Balaban J connectivity index is 1.21. The van der Waals surface area contributed by atoms with Crippen LogP contribution in [0.15, 0.2) is 192 Å². The predicted molar refractivity (Wildman–Crippen MR) is 225 cm³/mol. The summed E-state index contributed by atoms with van der Waals surface area (Å²) in [7, 11) is 0. The molecule has 2 aromatic heterocycles. The number of benzene rings is 8. The minimum absolute atomic E-state index is 0.626. The quantitative estimate of drug-likeness (QED) is 0.183. The lowest BCUT2D eigenvalue weighted by Gasteiger charge is -2.35. The number of hydrogen-bond donors (Lipinski definition) is 0. The van der Waals surface area contributed by atoms with Gasteiger partial charge >= 0.3 is 0 Å². The van der Waals surface area contributed by atoms with E-state index >= 15 is 0 Å². The summed E-state index contributed by atoms with van der Waals surface area (Å²) in [6, 6.07) is 66.9. The van der Waals surface area contributed by atoms with Gasteiger partial charge in [-0.15, -0.1) is 0 Å². The highest BCUT2D eigenvalue weighted by molar-refractivity contribution is 6.09. The van der Waals surface area contributed by atoms with Gasteiger partial charge in [0.15, 0.2) is 17.5 Å². The van der Waals surface area contributed by atoms with E-state index in [1.54, 1.807) is 0 Å². The summed E-state index contributed by atoms with van der Waals surface area (Å²) in [6.07, 6.45) is 0. The third kappa shape index (κ3) is 4.32. The molecule has 10 aromatic rings. The molecule has 0 bridgehead atoms. The predicted octanol–water partition coefficient (Wildman–Crippen LogP) is 12.8. The van der Waals surface area contributed by atoms with Crippen molar-refractivity contribution in [1.29, 1.82) is 0 Å². The van der Waals surface area contributed by atoms with E-state index in [1.807, 2.05) is 42.5 Å². The van der Waals surface area contributed by atoms with Gasteiger partial charge in [-0.2, -0.15) is 0 Å². The van der Waals surface area contributed by atoms with Gasteiger partial charge in [0.1, 0.15) is 11.2 Å². The van der Waals surface area contributed by atoms with E-state index in [0.29, 0.717) is 17.5 Å². The lowest BCUT2D eigenvalue weighted by atomic mass is 9.65. The van der Waals surface area contributed by atoms with Crippen LogP contribution in [0.4, 0.5) is 0 Å². The van der Waals surface area contributed by atoms with Crippen LogP contribution >= 0.6 is 0 Å². The molecule has 2 aliphatic rings. The zero-order valence-electron chi connectivity index (χ0n) is 30.1. The summed E-state index contributed by atoms with van der Waals surface area (Å²) in [5.74, 6) is 1.90. The lowest BCUT2D eigenvalue weighted by Crippen LogP contribution is -2.29. The fourth-order valence-electron chi connectivity index (χ4n) is 9.38. The van der Waals surface area contributed by atoms with Gasteiger partial charge in [-0.05, 0) is 79.9 Å². The van der Waals surface area contributed by atoms with Crippen molar-refractivity contribution in [2.75, 3.05) is 0 Å². The molecule has 12 rings (SSSR count). The van der Waals surface area contributed by atoms with Crippen LogP contribution in [-0.4, -0.2) is 15.0 Å². The Morgan fingerprint density at radius 2 is 0.786 bits per heavy atom. The number of hydrogen-bond acceptors (Lipinski definition) is 4. The van der Waals surface area contributed by atoms with Gasteiger partial charge in [-0.3, -0.25) is 0 Å². The first kappa shape index (κ1) is 31.0. The van der Waals surface area contributed by atoms with Crippen LogP contribution in [0.3, 0.4) is 0 Å². The molecular weight excluding hydrogens is 683 g/mol. The van der Waals surface area contributed by atoms with Gasteiger partial charge in [0.2, 0.25) is 0 Å². The molecule has 0 N–H and O–H groups in total. The summed E-state index contributed by atoms with van der Waals surface area (Å²) < 4.78 is 6.66. The summed E-state index contributed by atoms with van der Waals surface area (Å²) >= 11 is 0. The van der Waals surface area contributed by atoms with Crippen molar-refractivity contribution in [3.8, 4) is 67.5 Å². The molecule has 1 atom stereocenters. The molecule has 1 spiro atoms. The molecule has 0 saturated carbocycles. The summed E-state index contributed by atoms with van der Waals surface area (Å²) in [4.78, 5) is 15.4. The Morgan fingerprint density at radius 1 is 0.304 bits per heavy atom. The van der Waals surface area contributed by atoms with E-state index in [0.717, 1.165) is 38.6 Å². The van der Waals surface area contributed by atoms with Crippen LogP contribution in [0.5, 0.6) is 0 Å². The second kappa shape index (κ2) is 11.8. The molecule has 4 nitrogen and oxygen atoms in total. The monoisotopic (exact) mass is 713 g/mol. The summed E-state index contributed by atoms with van der Waals surface area (Å²) in [6.45, 7) is 0. The van der Waals surface area contributed by atoms with E-state index < -0.39 is 5.41 Å². The average Bonchev–Trinajstić information content (AvgIpc) is 3.75. The molecule has 56 heavy (non-hydrogen) atoms. The molecule has 4 heteroatoms. The Hall–Kier alpha value is -7.43. The highest BCUT2D eigenvalue weighted by atomic mass is 16.3. The first-order chi connectivity index (χ1) is 27.8. The van der Waals surface area contributed by atoms with Crippen LogP contribution in [0.2, 0.25) is 0 Å². The number of rotatable bonds is 3. The van der Waals surface area contributed by atoms with E-state index in [4.69, 9.17) is 19.4 Å². The first-order valence-corrected chi connectivity index (χ1v) is 19.0. The number of fused-ring (bicyclic) bond motifs is 15. The minimum Gasteiger partial charge on any atom is -0.456 e. The van der Waals surface area contributed by atoms with Gasteiger partial charge < -0.3 is 4.42 Å². The molecule has 2 aliphatic carbocycles. The maximum Gasteiger partial charge on any atom is 0.164 e. The zero-order chi connectivity index (χ0) is 36.8. The maximum atomic E-state index is 6.66. The number of aromatic nitrogens is 3. The second-order valence-corrected chi connectivity index (χ2v) is 14.7. The average molecular weight is 714 g/mol. The van der Waals surface area contributed by atoms with Crippen molar-refractivity contribution in [2.45, 2.75) is 5.41 Å². The first-order valence-electron chi connectivity index (χ1n) is 19.0. The molecule has 0 radical (unpaired) electrons. The Labute approximate surface area is 323 Å². The number of furan rings is 1. The van der Waals surface area contributed by atoms with Crippen LogP contribution < -0.4 is 0 Å². The van der Waals surface area contributed by atoms with Crippen molar-refractivity contribution in [1.82, 2.24) is 15.0 Å². The zero-order valence-corrected chi connectivity index (χ0v) is 30.1. The summed E-state index contributed by atoms with van der Waals surface area (Å²) in [5.41, 5.74) is 16.0. The van der Waals surface area contributed by atoms with Gasteiger partial charge in [0.05, 0.1) is 5.41 Å². The molecule has 0 amide bonds. The van der Waals surface area contributed by atoms with Crippen molar-refractivity contribution in [3.05, 3.63) is 210 Å². The molecule has 0 saturated heterocycles. The van der Waals surface area contributed by atoms with Gasteiger partial charge in [-0.25, -0.2) is 15.0 Å². The van der Waals surface area contributed by atoms with Gasteiger partial charge in [0.25, 0.3) is 0 Å². The number of nitrogens with zero attached hydrogens (tertiary/aromatic N) is 3. The third-order valence-corrected chi connectivity index (χ3v) is 11.8. The molecule has 2 heterocycles. The van der Waals surface area contributed by atoms with Gasteiger partial charge in [-0.1, -0.05) is 164 Å². The lowest BCUT2D eigenvalue weighted by molar-refractivity contribution is 0.666. The highest BCUT2D eigenvalue weighted by Crippen LogP contribution is 2.62. The smallest absolute Gasteiger partial charge is 0.164 e. The normalized spacial score (nSPS) is 14.9. The molecular formula is C52H31N3O. The Morgan fingerprint density at radius 3 is 1.43 bits per heavy atom. The standard InChI is InChI=1S/C52H31N3O/c1-3-15-32(16-4-1)49-53-50(33-17-5-2-6-18-33)55-51(54-49)34-27-28-39-36-20-8-7-19-35(36)37-21-9-12-24-43(37)52(45(39)29-34)44-25-13-10-22-38(44)41-30-42-40-23-11-14-26-47(40)56-48(42)31-46(41)52/h1-31H. The Kier molecular flexibility index (Phi) is 6.52. The van der Waals surface area contributed by atoms with E-state index in [9.17, 15) is 0 Å². The van der Waals surface area contributed by atoms with Crippen molar-refractivity contribution < 1.29 is 4.42 Å². The fourth-order valence-corrected chi connectivity index (χ4v) is 9.38. The van der Waals surface area contributed by atoms with Crippen LogP contribution in [0.25, 0.3) is 89.5 Å². The van der Waals surface area contributed by atoms with Crippen molar-refractivity contribution >= 4 is 21.9 Å². The van der Waals surface area contributed by atoms with Crippen LogP contribution in [-0.2, 0) is 5.41 Å². The van der Waals surface area contributed by atoms with Crippen molar-refractivity contribution in [3.63, 3.8) is 0 Å². The molecule has 260 valence electrons. The number of para-hydroxylation sites is 1. The maximum absolute atomic E-state index is 6.66. The SMILES string of the molecule is c1ccc(-c2nc(-c3ccccc3)nc(-c3ccc4c(c3)C3(c5ccccc5-c5ccccc5-4)c4ccccc4-c4cc5c(cc43)oc3ccccc35)n2)cc1. The minimum atomic E-state index is -0.697. The molecule has 0 fully saturated rings. The topological polar surface area (TPSA) is 51.8 Å². The highest BCUT2D eigenvalue weighted by Gasteiger charge is 2.50. The second-order valence-electron chi connectivity index (χ2n) is 14.7. The van der Waals surface area contributed by atoms with Gasteiger partial charge in [0, 0.05) is 27.5 Å². The van der Waals surface area contributed by atoms with E-state index in [1.165, 1.54) is 55.6 Å². The van der Waals surface area contributed by atoms with Crippen LogP contribution in [0, 0.1) is 0 Å². The van der Waals surface area contributed by atoms with E-state index in [-0.39, 0.29) is 0 Å². The molecule has 8 aromatic carbocycles. The Bertz CT molecular complexity index is 3140. The molecule has 1 unspecified atom stereocenters. The van der Waals surface area contributed by atoms with E-state index in [2.05, 4.69) is 146 Å². The van der Waals surface area contributed by atoms with Crippen LogP contribution in [0.1, 0.15) is 22.3 Å². The largest absolute Gasteiger partial charge is 0.456 e. The molecule has 0 aliphatic heterocycles. The fraction of sp³-hybridized carbons (Fsp3) is 0.0192. The third-order valence-electron chi connectivity index (χ3n) is 11.8. The van der Waals surface area contributed by atoms with Crippen molar-refractivity contribution in [2.24, 2.45) is 0 Å².